The molecule has 0 aliphatic rings. The molecule has 0 bridgehead atoms. The molecular formula is C9H15N3OS. The number of nitrogens with zero attached hydrogens (tertiary/aromatic N) is 1. The average molecular weight is 213 g/mol. The maximum Gasteiger partial charge on any atom is 0.220 e. The molecule has 1 amide bonds. The Morgan fingerprint density at radius 1 is 1.79 bits per heavy atom. The van der Waals surface area contributed by atoms with Crippen molar-refractivity contribution in [3.8, 4) is 0 Å². The highest BCUT2D eigenvalue weighted by atomic mass is 32.1. The molecule has 1 rings (SSSR count). The van der Waals surface area contributed by atoms with Crippen molar-refractivity contribution in [2.75, 3.05) is 6.54 Å². The van der Waals surface area contributed by atoms with Crippen LogP contribution in [0.25, 0.3) is 0 Å². The normalized spacial score (nSPS) is 12.4. The first-order chi connectivity index (χ1) is 6.72. The smallest absolute Gasteiger partial charge is 0.220 e. The predicted octanol–water partition coefficient (Wildman–Crippen LogP) is 0.539. The molecule has 3 N–H and O–H groups in total. The van der Waals surface area contributed by atoms with Gasteiger partial charge < -0.3 is 11.1 Å². The molecular weight excluding hydrogens is 198 g/mol. The molecule has 0 aliphatic heterocycles. The fourth-order valence-corrected chi connectivity index (χ4v) is 1.60. The standard InChI is InChI=1S/C9H15N3OS/c1-7(4-10)12-9(13)3-2-8-5-14-6-11-8/h5-7H,2-4,10H2,1H3,(H,12,13)/t7-/m0/s1. The van der Waals surface area contributed by atoms with Crippen LogP contribution in [0.1, 0.15) is 19.0 Å². The summed E-state index contributed by atoms with van der Waals surface area (Å²) in [5, 5.41) is 4.76. The second kappa shape index (κ2) is 5.72. The Balaban J connectivity index is 2.22. The third kappa shape index (κ3) is 3.85. The van der Waals surface area contributed by atoms with E-state index in [0.717, 1.165) is 5.69 Å². The second-order valence-corrected chi connectivity index (χ2v) is 3.90. The molecule has 14 heavy (non-hydrogen) atoms. The van der Waals surface area contributed by atoms with Gasteiger partial charge in [0, 0.05) is 24.4 Å². The molecule has 0 fully saturated rings. The molecule has 1 aromatic rings. The summed E-state index contributed by atoms with van der Waals surface area (Å²) >= 11 is 1.55. The van der Waals surface area contributed by atoms with Gasteiger partial charge in [-0.3, -0.25) is 4.79 Å². The quantitative estimate of drug-likeness (QED) is 0.750. The zero-order chi connectivity index (χ0) is 10.4. The lowest BCUT2D eigenvalue weighted by Gasteiger charge is -2.10. The fraction of sp³-hybridized carbons (Fsp3) is 0.556. The van der Waals surface area contributed by atoms with E-state index in [1.54, 1.807) is 16.8 Å². The van der Waals surface area contributed by atoms with Crippen molar-refractivity contribution in [2.24, 2.45) is 5.73 Å². The number of nitrogens with two attached hydrogens (primary N) is 1. The van der Waals surface area contributed by atoms with E-state index in [-0.39, 0.29) is 11.9 Å². The van der Waals surface area contributed by atoms with Gasteiger partial charge in [0.25, 0.3) is 0 Å². The Bertz CT molecular complexity index is 274. The average Bonchev–Trinajstić information content (AvgIpc) is 2.67. The number of aromatic nitrogens is 1. The fourth-order valence-electron chi connectivity index (χ4n) is 1.01. The van der Waals surface area contributed by atoms with E-state index >= 15 is 0 Å². The zero-order valence-electron chi connectivity index (χ0n) is 8.19. The number of thiazole rings is 1. The number of hydrogen-bond acceptors (Lipinski definition) is 4. The number of nitrogens with one attached hydrogen (secondary N) is 1. The largest absolute Gasteiger partial charge is 0.352 e. The van der Waals surface area contributed by atoms with Crippen molar-refractivity contribution in [3.63, 3.8) is 0 Å². The van der Waals surface area contributed by atoms with Crippen molar-refractivity contribution in [2.45, 2.75) is 25.8 Å². The molecule has 0 spiro atoms. The molecule has 1 heterocycles. The highest BCUT2D eigenvalue weighted by Crippen LogP contribution is 2.03. The van der Waals surface area contributed by atoms with Gasteiger partial charge in [-0.2, -0.15) is 0 Å². The van der Waals surface area contributed by atoms with Crippen LogP contribution in [0.2, 0.25) is 0 Å². The Kier molecular flexibility index (Phi) is 4.55. The number of amides is 1. The molecule has 0 radical (unpaired) electrons. The van der Waals surface area contributed by atoms with E-state index in [0.29, 0.717) is 19.4 Å². The molecule has 1 aromatic heterocycles. The van der Waals surface area contributed by atoms with Crippen molar-refractivity contribution < 1.29 is 4.79 Å². The van der Waals surface area contributed by atoms with Crippen LogP contribution in [-0.2, 0) is 11.2 Å². The molecule has 0 unspecified atom stereocenters. The van der Waals surface area contributed by atoms with Gasteiger partial charge in [-0.1, -0.05) is 0 Å². The number of hydrogen-bond donors (Lipinski definition) is 2. The van der Waals surface area contributed by atoms with Crippen molar-refractivity contribution in [3.05, 3.63) is 16.6 Å². The van der Waals surface area contributed by atoms with E-state index in [4.69, 9.17) is 5.73 Å². The highest BCUT2D eigenvalue weighted by Gasteiger charge is 2.06. The summed E-state index contributed by atoms with van der Waals surface area (Å²) < 4.78 is 0. The number of carbonyl (C=O) groups excluding carboxylic acids is 1. The summed E-state index contributed by atoms with van der Waals surface area (Å²) in [4.78, 5) is 15.4. The van der Waals surface area contributed by atoms with Crippen LogP contribution in [0.15, 0.2) is 10.9 Å². The van der Waals surface area contributed by atoms with Gasteiger partial charge in [0.05, 0.1) is 11.2 Å². The van der Waals surface area contributed by atoms with Crippen LogP contribution in [0.3, 0.4) is 0 Å². The van der Waals surface area contributed by atoms with Crippen molar-refractivity contribution in [1.29, 1.82) is 0 Å². The lowest BCUT2D eigenvalue weighted by molar-refractivity contribution is -0.121. The Hall–Kier alpha value is -0.940. The summed E-state index contributed by atoms with van der Waals surface area (Å²) in [6, 6.07) is 0.0536. The highest BCUT2D eigenvalue weighted by molar-refractivity contribution is 7.07. The van der Waals surface area contributed by atoms with E-state index in [9.17, 15) is 4.79 Å². The molecule has 4 nitrogen and oxygen atoms in total. The van der Waals surface area contributed by atoms with Gasteiger partial charge in [-0.25, -0.2) is 4.98 Å². The Labute approximate surface area is 87.5 Å². The lowest BCUT2D eigenvalue weighted by atomic mass is 10.2. The van der Waals surface area contributed by atoms with Crippen molar-refractivity contribution in [1.82, 2.24) is 10.3 Å². The topological polar surface area (TPSA) is 68.0 Å². The summed E-state index contributed by atoms with van der Waals surface area (Å²) in [6.07, 6.45) is 1.18. The van der Waals surface area contributed by atoms with E-state index in [1.807, 2.05) is 12.3 Å². The van der Waals surface area contributed by atoms with Gasteiger partial charge in [-0.05, 0) is 13.3 Å². The Morgan fingerprint density at radius 2 is 2.57 bits per heavy atom. The first kappa shape index (κ1) is 11.1. The predicted molar refractivity (Wildman–Crippen MR) is 57.1 cm³/mol. The zero-order valence-corrected chi connectivity index (χ0v) is 9.01. The van der Waals surface area contributed by atoms with Crippen LogP contribution in [0, 0.1) is 0 Å². The minimum Gasteiger partial charge on any atom is -0.352 e. The maximum atomic E-state index is 11.3. The van der Waals surface area contributed by atoms with Crippen LogP contribution in [0.5, 0.6) is 0 Å². The molecule has 78 valence electrons. The van der Waals surface area contributed by atoms with Crippen LogP contribution in [0.4, 0.5) is 0 Å². The molecule has 5 heteroatoms. The van der Waals surface area contributed by atoms with Gasteiger partial charge >= 0.3 is 0 Å². The third-order valence-corrected chi connectivity index (χ3v) is 2.49. The van der Waals surface area contributed by atoms with E-state index in [1.165, 1.54) is 0 Å². The summed E-state index contributed by atoms with van der Waals surface area (Å²) in [5.74, 6) is 0.0379. The minimum atomic E-state index is 0.0379. The first-order valence-corrected chi connectivity index (χ1v) is 5.53. The molecule has 0 aliphatic carbocycles. The molecule has 0 saturated heterocycles. The van der Waals surface area contributed by atoms with Gasteiger partial charge in [0.1, 0.15) is 0 Å². The summed E-state index contributed by atoms with van der Waals surface area (Å²) in [7, 11) is 0. The van der Waals surface area contributed by atoms with E-state index < -0.39 is 0 Å². The SMILES string of the molecule is C[C@@H](CN)NC(=O)CCc1cscn1. The lowest BCUT2D eigenvalue weighted by Crippen LogP contribution is -2.37. The van der Waals surface area contributed by atoms with Crippen molar-refractivity contribution >= 4 is 17.2 Å². The molecule has 1 atom stereocenters. The van der Waals surface area contributed by atoms with E-state index in [2.05, 4.69) is 10.3 Å². The summed E-state index contributed by atoms with van der Waals surface area (Å²) in [5.41, 5.74) is 8.14. The van der Waals surface area contributed by atoms with Gasteiger partial charge in [-0.15, -0.1) is 11.3 Å². The molecule has 0 aromatic carbocycles. The maximum absolute atomic E-state index is 11.3. The van der Waals surface area contributed by atoms with Crippen LogP contribution >= 0.6 is 11.3 Å². The monoisotopic (exact) mass is 213 g/mol. The number of aryl methyl sites for hydroxylation is 1. The molecule has 0 saturated carbocycles. The van der Waals surface area contributed by atoms with Gasteiger partial charge in [0.15, 0.2) is 0 Å². The van der Waals surface area contributed by atoms with Crippen LogP contribution in [-0.4, -0.2) is 23.5 Å². The van der Waals surface area contributed by atoms with Crippen LogP contribution < -0.4 is 11.1 Å². The van der Waals surface area contributed by atoms with Gasteiger partial charge in [0.2, 0.25) is 5.91 Å². The minimum absolute atomic E-state index is 0.0379. The first-order valence-electron chi connectivity index (χ1n) is 4.59. The summed E-state index contributed by atoms with van der Waals surface area (Å²) in [6.45, 7) is 2.36. The second-order valence-electron chi connectivity index (χ2n) is 3.18. The third-order valence-electron chi connectivity index (χ3n) is 1.85. The number of rotatable bonds is 5. The Morgan fingerprint density at radius 3 is 3.14 bits per heavy atom. The number of carbonyl (C=O) groups is 1.